The molecule has 4 rings (SSSR count). The molecule has 1 saturated carbocycles. The second-order valence-corrected chi connectivity index (χ2v) is 10.1. The number of nitrogens with one attached hydrogen (secondary N) is 1. The van der Waals surface area contributed by atoms with Gasteiger partial charge in [-0.3, -0.25) is 9.59 Å². The molecule has 0 radical (unpaired) electrons. The lowest BCUT2D eigenvalue weighted by molar-refractivity contribution is 0.0689. The number of furan rings is 1. The van der Waals surface area contributed by atoms with Crippen molar-refractivity contribution in [2.24, 2.45) is 17.0 Å². The normalized spacial score (nSPS) is 23.1. The Bertz CT molecular complexity index is 1090. The number of carbonyl (C=O) groups is 2. The fourth-order valence-corrected chi connectivity index (χ4v) is 5.96. The minimum atomic E-state index is -0.257. The zero-order valence-electron chi connectivity index (χ0n) is 21.4. The maximum absolute atomic E-state index is 14.1. The largest absolute Gasteiger partial charge is 0.459 e. The van der Waals surface area contributed by atoms with E-state index < -0.39 is 0 Å². The molecular formula is C28H37N5O3. The number of hydrogen-bond acceptors (Lipinski definition) is 5. The van der Waals surface area contributed by atoms with Crippen LogP contribution in [-0.2, 0) is 6.54 Å². The van der Waals surface area contributed by atoms with Gasteiger partial charge in [0.05, 0.1) is 18.5 Å². The molecule has 36 heavy (non-hydrogen) atoms. The van der Waals surface area contributed by atoms with E-state index in [0.717, 1.165) is 63.5 Å². The summed E-state index contributed by atoms with van der Waals surface area (Å²) >= 11 is 0. The molecule has 2 heterocycles. The molecule has 2 aromatic rings. The van der Waals surface area contributed by atoms with Gasteiger partial charge in [-0.25, -0.2) is 0 Å². The summed E-state index contributed by atoms with van der Waals surface area (Å²) in [7, 11) is 0. The van der Waals surface area contributed by atoms with E-state index in [1.54, 1.807) is 18.2 Å². The second kappa shape index (κ2) is 12.2. The van der Waals surface area contributed by atoms with Crippen LogP contribution in [0.25, 0.3) is 10.4 Å². The maximum atomic E-state index is 14.1. The molecular weight excluding hydrogens is 454 g/mol. The van der Waals surface area contributed by atoms with Gasteiger partial charge in [0.2, 0.25) is 0 Å². The van der Waals surface area contributed by atoms with Crippen molar-refractivity contribution in [3.63, 3.8) is 0 Å². The number of Topliss-reactive ketones (excluding diaryl/α,β-unsaturated/α-hetero) is 1. The zero-order valence-corrected chi connectivity index (χ0v) is 21.4. The first-order chi connectivity index (χ1) is 17.6. The fraction of sp³-hybridized carbons (Fsp3) is 0.571. The van der Waals surface area contributed by atoms with Crippen LogP contribution in [0.1, 0.15) is 91.7 Å². The van der Waals surface area contributed by atoms with Crippen LogP contribution in [-0.4, -0.2) is 30.3 Å². The van der Waals surface area contributed by atoms with Crippen LogP contribution in [0.15, 0.2) is 46.1 Å². The Labute approximate surface area is 213 Å². The summed E-state index contributed by atoms with van der Waals surface area (Å²) in [5, 5.41) is 7.39. The molecule has 1 N–H and O–H groups in total. The summed E-state index contributed by atoms with van der Waals surface area (Å²) < 4.78 is 5.51. The highest BCUT2D eigenvalue weighted by molar-refractivity contribution is 6.14. The van der Waals surface area contributed by atoms with E-state index in [9.17, 15) is 9.59 Å². The number of azide groups is 1. The fourth-order valence-electron chi connectivity index (χ4n) is 5.96. The van der Waals surface area contributed by atoms with Crippen LogP contribution in [0.3, 0.4) is 0 Å². The van der Waals surface area contributed by atoms with Gasteiger partial charge in [-0.2, -0.15) is 0 Å². The topological polar surface area (TPSA) is 111 Å². The van der Waals surface area contributed by atoms with Crippen molar-refractivity contribution in [1.29, 1.82) is 0 Å². The van der Waals surface area contributed by atoms with E-state index in [1.165, 1.54) is 6.26 Å². The zero-order chi connectivity index (χ0) is 25.5. The van der Waals surface area contributed by atoms with Crippen LogP contribution < -0.4 is 10.2 Å². The summed E-state index contributed by atoms with van der Waals surface area (Å²) in [5.74, 6) is 0.105. The minimum Gasteiger partial charge on any atom is -0.459 e. The van der Waals surface area contributed by atoms with Crippen LogP contribution in [0.4, 0.5) is 5.69 Å². The van der Waals surface area contributed by atoms with E-state index >= 15 is 0 Å². The van der Waals surface area contributed by atoms with Crippen molar-refractivity contribution >= 4 is 17.4 Å². The van der Waals surface area contributed by atoms with Gasteiger partial charge in [0.25, 0.3) is 5.91 Å². The molecule has 2 aliphatic rings. The molecule has 192 valence electrons. The van der Waals surface area contributed by atoms with Gasteiger partial charge in [-0.15, -0.1) is 0 Å². The molecule has 1 aromatic carbocycles. The van der Waals surface area contributed by atoms with Crippen molar-refractivity contribution < 1.29 is 14.0 Å². The Morgan fingerprint density at radius 1 is 1.19 bits per heavy atom. The number of hydrogen-bond donors (Lipinski definition) is 1. The lowest BCUT2D eigenvalue weighted by Gasteiger charge is -2.49. The predicted octanol–water partition coefficient (Wildman–Crippen LogP) is 6.67. The second-order valence-electron chi connectivity index (χ2n) is 10.1. The average Bonchev–Trinajstić information content (AvgIpc) is 3.43. The van der Waals surface area contributed by atoms with E-state index in [-0.39, 0.29) is 47.9 Å². The molecule has 4 unspecified atom stereocenters. The summed E-state index contributed by atoms with van der Waals surface area (Å²) in [6.07, 6.45) is 9.73. The Morgan fingerprint density at radius 2 is 2.03 bits per heavy atom. The lowest BCUT2D eigenvalue weighted by Crippen LogP contribution is -2.59. The van der Waals surface area contributed by atoms with Crippen LogP contribution in [0, 0.1) is 11.8 Å². The molecule has 1 aliphatic heterocycles. The quantitative estimate of drug-likeness (QED) is 0.164. The average molecular weight is 492 g/mol. The highest BCUT2D eigenvalue weighted by Crippen LogP contribution is 2.46. The van der Waals surface area contributed by atoms with E-state index in [0.29, 0.717) is 11.3 Å². The summed E-state index contributed by atoms with van der Waals surface area (Å²) in [5.41, 5.74) is 10.7. The monoisotopic (exact) mass is 491 g/mol. The van der Waals surface area contributed by atoms with Crippen molar-refractivity contribution in [1.82, 2.24) is 5.32 Å². The van der Waals surface area contributed by atoms with E-state index in [4.69, 9.17) is 9.95 Å². The number of anilines is 1. The van der Waals surface area contributed by atoms with Gasteiger partial charge in [-0.05, 0) is 73.5 Å². The van der Waals surface area contributed by atoms with Crippen LogP contribution >= 0.6 is 0 Å². The number of rotatable bonds is 11. The lowest BCUT2D eigenvalue weighted by atomic mass is 9.66. The highest BCUT2D eigenvalue weighted by Gasteiger charge is 2.50. The Kier molecular flexibility index (Phi) is 8.83. The Hall–Kier alpha value is -3.09. The van der Waals surface area contributed by atoms with Crippen molar-refractivity contribution in [2.45, 2.75) is 83.8 Å². The van der Waals surface area contributed by atoms with E-state index in [2.05, 4.69) is 29.2 Å². The van der Waals surface area contributed by atoms with Gasteiger partial charge in [0, 0.05) is 28.5 Å². The van der Waals surface area contributed by atoms with Crippen molar-refractivity contribution in [3.05, 3.63) is 63.9 Å². The predicted molar refractivity (Wildman–Crippen MR) is 140 cm³/mol. The Morgan fingerprint density at radius 3 is 2.75 bits per heavy atom. The number of carbonyl (C=O) groups excluding carboxylic acids is 2. The molecule has 1 fully saturated rings. The Balaban J connectivity index is 1.76. The summed E-state index contributed by atoms with van der Waals surface area (Å²) in [6.45, 7) is 5.49. The molecule has 0 saturated heterocycles. The smallest absolute Gasteiger partial charge is 0.294 e. The molecule has 8 nitrogen and oxygen atoms in total. The molecule has 1 aliphatic carbocycles. The van der Waals surface area contributed by atoms with Gasteiger partial charge >= 0.3 is 0 Å². The SMILES string of the molecule is CCCCCC1CC(NCCCC)CC2C1C(=O)c1cc(CN=[N+]=[N-])ccc1N2C(=O)c1ccco1. The number of benzene rings is 1. The molecule has 1 aromatic heterocycles. The molecule has 0 bridgehead atoms. The molecule has 8 heteroatoms. The first-order valence-corrected chi connectivity index (χ1v) is 13.4. The number of nitrogens with zero attached hydrogens (tertiary/aromatic N) is 4. The van der Waals surface area contributed by atoms with Gasteiger partial charge in [0.1, 0.15) is 0 Å². The first-order valence-electron chi connectivity index (χ1n) is 13.4. The van der Waals surface area contributed by atoms with Gasteiger partial charge in [-0.1, -0.05) is 50.7 Å². The van der Waals surface area contributed by atoms with Crippen LogP contribution in [0.5, 0.6) is 0 Å². The minimum absolute atomic E-state index is 0.106. The number of fused-ring (bicyclic) bond motifs is 2. The maximum Gasteiger partial charge on any atom is 0.294 e. The summed E-state index contributed by atoms with van der Waals surface area (Å²) in [6, 6.07) is 8.89. The van der Waals surface area contributed by atoms with Crippen molar-refractivity contribution in [2.75, 3.05) is 11.4 Å². The molecule has 4 atom stereocenters. The number of amides is 1. The highest BCUT2D eigenvalue weighted by atomic mass is 16.3. The number of ketones is 1. The van der Waals surface area contributed by atoms with Gasteiger partial charge < -0.3 is 14.6 Å². The summed E-state index contributed by atoms with van der Waals surface area (Å²) in [4.78, 5) is 32.5. The molecule has 0 spiro atoms. The van der Waals surface area contributed by atoms with Crippen molar-refractivity contribution in [3.8, 4) is 0 Å². The molecule has 1 amide bonds. The van der Waals surface area contributed by atoms with E-state index in [1.807, 2.05) is 17.0 Å². The third kappa shape index (κ3) is 5.50. The van der Waals surface area contributed by atoms with Crippen LogP contribution in [0.2, 0.25) is 0 Å². The third-order valence-electron chi connectivity index (χ3n) is 7.67. The third-order valence-corrected chi connectivity index (χ3v) is 7.67. The number of unbranched alkanes of at least 4 members (excludes halogenated alkanes) is 3. The standard InChI is InChI=1S/C28H37N5O3/c1-3-5-7-9-20-16-21(30-13-6-4-2)17-24-26(20)27(34)22-15-19(18-31-32-29)11-12-23(22)33(24)28(35)25-10-8-14-36-25/h8,10-12,14-15,20-21,24,26,30H,3-7,9,13,16-18H2,1-2H3. The van der Waals surface area contributed by atoms with Gasteiger partial charge in [0.15, 0.2) is 11.5 Å². The first kappa shape index (κ1) is 26.0.